The van der Waals surface area contributed by atoms with Crippen molar-refractivity contribution in [1.29, 1.82) is 0 Å². The van der Waals surface area contributed by atoms with Crippen LogP contribution in [0.3, 0.4) is 0 Å². The van der Waals surface area contributed by atoms with E-state index < -0.39 is 6.04 Å². The molecular formula is C30H33BrN2O4. The first-order valence-electron chi connectivity index (χ1n) is 12.7. The molecule has 1 fully saturated rings. The highest BCUT2D eigenvalue weighted by Gasteiger charge is 2.32. The number of hydrogen-bond acceptors (Lipinski definition) is 4. The first-order valence-corrected chi connectivity index (χ1v) is 13.5. The molecule has 0 heterocycles. The number of methoxy groups -OCH3 is 1. The molecule has 7 heteroatoms. The molecule has 1 atom stereocenters. The van der Waals surface area contributed by atoms with E-state index in [4.69, 9.17) is 9.47 Å². The summed E-state index contributed by atoms with van der Waals surface area (Å²) >= 11 is 3.52. The molecule has 0 radical (unpaired) electrons. The summed E-state index contributed by atoms with van der Waals surface area (Å²) in [6, 6.07) is 24.3. The Balaban J connectivity index is 1.62. The number of amides is 2. The third-order valence-corrected chi connectivity index (χ3v) is 7.13. The molecule has 37 heavy (non-hydrogen) atoms. The molecule has 1 aliphatic rings. The summed E-state index contributed by atoms with van der Waals surface area (Å²) in [5.74, 6) is 0.634. The molecule has 0 aromatic heterocycles. The van der Waals surface area contributed by atoms with Gasteiger partial charge in [0.25, 0.3) is 5.91 Å². The highest BCUT2D eigenvalue weighted by atomic mass is 79.9. The van der Waals surface area contributed by atoms with Gasteiger partial charge in [0.2, 0.25) is 5.91 Å². The minimum Gasteiger partial charge on any atom is -0.493 e. The monoisotopic (exact) mass is 564 g/mol. The fourth-order valence-electron chi connectivity index (χ4n) is 4.71. The fraction of sp³-hybridized carbons (Fsp3) is 0.333. The van der Waals surface area contributed by atoms with Gasteiger partial charge < -0.3 is 19.7 Å². The molecule has 1 saturated carbocycles. The summed E-state index contributed by atoms with van der Waals surface area (Å²) in [7, 11) is 1.56. The highest BCUT2D eigenvalue weighted by Crippen LogP contribution is 2.26. The predicted octanol–water partition coefficient (Wildman–Crippen LogP) is 5.54. The number of rotatable bonds is 11. The van der Waals surface area contributed by atoms with Crippen molar-refractivity contribution in [3.05, 3.63) is 94.5 Å². The standard InChI is InChI=1S/C30H33BrN2O4/c1-36-27-16-7-8-17-28(27)37-21-29(34)33(20-23-12-9-13-24(31)18-23)26(19-22-10-3-2-4-11-22)30(35)32-25-14-5-6-15-25/h2-4,7-13,16-18,25-26H,5-6,14-15,19-21H2,1H3,(H,32,35). The van der Waals surface area contributed by atoms with Crippen LogP contribution in [-0.2, 0) is 22.6 Å². The molecule has 2 amide bonds. The second-order valence-electron chi connectivity index (χ2n) is 9.29. The number of ether oxygens (including phenoxy) is 2. The van der Waals surface area contributed by atoms with Gasteiger partial charge in [0.05, 0.1) is 7.11 Å². The van der Waals surface area contributed by atoms with Gasteiger partial charge in [0, 0.05) is 23.5 Å². The highest BCUT2D eigenvalue weighted by molar-refractivity contribution is 9.10. The van der Waals surface area contributed by atoms with Crippen molar-refractivity contribution < 1.29 is 19.1 Å². The maximum atomic E-state index is 13.7. The average molecular weight is 566 g/mol. The van der Waals surface area contributed by atoms with Crippen molar-refractivity contribution in [2.45, 2.75) is 50.7 Å². The maximum absolute atomic E-state index is 13.7. The third kappa shape index (κ3) is 7.59. The number of hydrogen-bond donors (Lipinski definition) is 1. The predicted molar refractivity (Wildman–Crippen MR) is 148 cm³/mol. The Morgan fingerprint density at radius 2 is 1.62 bits per heavy atom. The van der Waals surface area contributed by atoms with Gasteiger partial charge in [-0.3, -0.25) is 9.59 Å². The van der Waals surface area contributed by atoms with Crippen LogP contribution in [0.2, 0.25) is 0 Å². The van der Waals surface area contributed by atoms with Crippen molar-refractivity contribution in [3.63, 3.8) is 0 Å². The van der Waals surface area contributed by atoms with Gasteiger partial charge >= 0.3 is 0 Å². The van der Waals surface area contributed by atoms with Crippen LogP contribution in [0.1, 0.15) is 36.8 Å². The quantitative estimate of drug-likeness (QED) is 0.332. The van der Waals surface area contributed by atoms with Gasteiger partial charge in [-0.25, -0.2) is 0 Å². The van der Waals surface area contributed by atoms with Crippen LogP contribution in [0.4, 0.5) is 0 Å². The van der Waals surface area contributed by atoms with Crippen LogP contribution in [0.25, 0.3) is 0 Å². The summed E-state index contributed by atoms with van der Waals surface area (Å²) in [5, 5.41) is 3.22. The third-order valence-electron chi connectivity index (χ3n) is 6.63. The normalized spacial score (nSPS) is 14.1. The van der Waals surface area contributed by atoms with Crippen LogP contribution < -0.4 is 14.8 Å². The van der Waals surface area contributed by atoms with E-state index in [9.17, 15) is 9.59 Å². The summed E-state index contributed by atoms with van der Waals surface area (Å²) in [6.07, 6.45) is 4.58. The Hall–Kier alpha value is -3.32. The molecule has 4 rings (SSSR count). The molecule has 3 aromatic carbocycles. The molecule has 0 saturated heterocycles. The summed E-state index contributed by atoms with van der Waals surface area (Å²) < 4.78 is 12.2. The number of nitrogens with one attached hydrogen (secondary N) is 1. The molecular weight excluding hydrogens is 532 g/mol. The lowest BCUT2D eigenvalue weighted by atomic mass is 10.0. The summed E-state index contributed by atoms with van der Waals surface area (Å²) in [4.78, 5) is 29.1. The number of carbonyl (C=O) groups is 2. The second-order valence-corrected chi connectivity index (χ2v) is 10.2. The van der Waals surface area contributed by atoms with Crippen LogP contribution in [0.5, 0.6) is 11.5 Å². The molecule has 0 spiro atoms. The molecule has 0 bridgehead atoms. The van der Waals surface area contributed by atoms with E-state index in [1.807, 2.05) is 66.7 Å². The summed E-state index contributed by atoms with van der Waals surface area (Å²) in [6.45, 7) is 0.0690. The molecule has 1 unspecified atom stereocenters. The zero-order valence-electron chi connectivity index (χ0n) is 21.1. The first-order chi connectivity index (χ1) is 18.0. The topological polar surface area (TPSA) is 67.9 Å². The van der Waals surface area contributed by atoms with Crippen LogP contribution in [0, 0.1) is 0 Å². The number of benzene rings is 3. The van der Waals surface area contributed by atoms with E-state index >= 15 is 0 Å². The smallest absolute Gasteiger partial charge is 0.261 e. The molecule has 6 nitrogen and oxygen atoms in total. The second kappa shape index (κ2) is 13.3. The van der Waals surface area contributed by atoms with E-state index in [-0.39, 0.29) is 31.0 Å². The van der Waals surface area contributed by atoms with Crippen molar-refractivity contribution in [2.24, 2.45) is 0 Å². The zero-order chi connectivity index (χ0) is 26.0. The van der Waals surface area contributed by atoms with Crippen molar-refractivity contribution in [3.8, 4) is 11.5 Å². The Kier molecular flexibility index (Phi) is 9.60. The van der Waals surface area contributed by atoms with E-state index in [1.165, 1.54) is 0 Å². The average Bonchev–Trinajstić information content (AvgIpc) is 3.43. The van der Waals surface area contributed by atoms with Gasteiger partial charge in [-0.1, -0.05) is 83.4 Å². The van der Waals surface area contributed by atoms with Gasteiger partial charge in [-0.05, 0) is 48.2 Å². The van der Waals surface area contributed by atoms with Gasteiger partial charge in [-0.2, -0.15) is 0 Å². The maximum Gasteiger partial charge on any atom is 0.261 e. The Morgan fingerprint density at radius 1 is 0.946 bits per heavy atom. The van der Waals surface area contributed by atoms with Gasteiger partial charge in [0.1, 0.15) is 6.04 Å². The lowest BCUT2D eigenvalue weighted by Gasteiger charge is -2.32. The van der Waals surface area contributed by atoms with Gasteiger partial charge in [0.15, 0.2) is 18.1 Å². The molecule has 0 aliphatic heterocycles. The van der Waals surface area contributed by atoms with Gasteiger partial charge in [-0.15, -0.1) is 0 Å². The number of nitrogens with zero attached hydrogens (tertiary/aromatic N) is 1. The first kappa shape index (κ1) is 26.7. The Bertz CT molecular complexity index is 1180. The lowest BCUT2D eigenvalue weighted by molar-refractivity contribution is -0.143. The molecule has 1 aliphatic carbocycles. The molecule has 194 valence electrons. The number of carbonyl (C=O) groups excluding carboxylic acids is 2. The van der Waals surface area contributed by atoms with Crippen molar-refractivity contribution in [2.75, 3.05) is 13.7 Å². The zero-order valence-corrected chi connectivity index (χ0v) is 22.7. The van der Waals surface area contributed by atoms with Crippen LogP contribution in [-0.4, -0.2) is 42.5 Å². The Morgan fingerprint density at radius 3 is 2.32 bits per heavy atom. The molecule has 1 N–H and O–H groups in total. The lowest BCUT2D eigenvalue weighted by Crippen LogP contribution is -2.53. The van der Waals surface area contributed by atoms with Crippen LogP contribution >= 0.6 is 15.9 Å². The largest absolute Gasteiger partial charge is 0.493 e. The van der Waals surface area contributed by atoms with E-state index in [0.717, 1.165) is 41.3 Å². The van der Waals surface area contributed by atoms with E-state index in [2.05, 4.69) is 21.2 Å². The number of para-hydroxylation sites is 2. The van der Waals surface area contributed by atoms with Crippen LogP contribution in [0.15, 0.2) is 83.3 Å². The van der Waals surface area contributed by atoms with Crippen molar-refractivity contribution in [1.82, 2.24) is 10.2 Å². The van der Waals surface area contributed by atoms with Crippen molar-refractivity contribution >= 4 is 27.7 Å². The van der Waals surface area contributed by atoms with E-state index in [1.54, 1.807) is 24.1 Å². The summed E-state index contributed by atoms with van der Waals surface area (Å²) in [5.41, 5.74) is 1.92. The Labute approximate surface area is 227 Å². The minimum absolute atomic E-state index is 0.128. The van der Waals surface area contributed by atoms with E-state index in [0.29, 0.717) is 17.9 Å². The molecule has 3 aromatic rings. The minimum atomic E-state index is -0.684. The number of halogens is 1. The fourth-order valence-corrected chi connectivity index (χ4v) is 5.16. The SMILES string of the molecule is COc1ccccc1OCC(=O)N(Cc1cccc(Br)c1)C(Cc1ccccc1)C(=O)NC1CCCC1.